The molecule has 2 aromatic rings. The molecule has 0 spiro atoms. The number of rotatable bonds is 3. The third kappa shape index (κ3) is 2.61. The smallest absolute Gasteiger partial charge is 0.229 e. The molecular weight excluding hydrogens is 287 g/mol. The molecule has 0 atom stereocenters. The SMILES string of the molecule is Cc1cccc(Oc2nc3c(cc2C(N)=S)CCC3)c1F. The van der Waals surface area contributed by atoms with Crippen LogP contribution in [0.1, 0.15) is 28.8 Å². The first-order valence-corrected chi connectivity index (χ1v) is 7.22. The zero-order chi connectivity index (χ0) is 15.0. The Bertz CT molecular complexity index is 730. The number of hydrogen-bond donors (Lipinski definition) is 1. The van der Waals surface area contributed by atoms with E-state index >= 15 is 0 Å². The van der Waals surface area contributed by atoms with Crippen LogP contribution < -0.4 is 10.5 Å². The number of pyridine rings is 1. The van der Waals surface area contributed by atoms with Crippen LogP contribution in [0.3, 0.4) is 0 Å². The molecule has 0 saturated heterocycles. The molecule has 1 aromatic carbocycles. The fraction of sp³-hybridized carbons (Fsp3) is 0.250. The number of fused-ring (bicyclic) bond motifs is 1. The number of aromatic nitrogens is 1. The van der Waals surface area contributed by atoms with Gasteiger partial charge in [0.2, 0.25) is 5.88 Å². The first kappa shape index (κ1) is 13.9. The van der Waals surface area contributed by atoms with Gasteiger partial charge in [0.25, 0.3) is 0 Å². The molecule has 0 fully saturated rings. The number of benzene rings is 1. The second kappa shape index (κ2) is 5.41. The normalized spacial score (nSPS) is 13.0. The number of nitrogens with zero attached hydrogens (tertiary/aromatic N) is 1. The third-order valence-corrected chi connectivity index (χ3v) is 3.86. The van der Waals surface area contributed by atoms with Crippen LogP contribution >= 0.6 is 12.2 Å². The second-order valence-corrected chi connectivity index (χ2v) is 5.59. The Labute approximate surface area is 128 Å². The van der Waals surface area contributed by atoms with Crippen LogP contribution in [-0.2, 0) is 12.8 Å². The van der Waals surface area contributed by atoms with Gasteiger partial charge >= 0.3 is 0 Å². The number of nitrogens with two attached hydrogens (primary N) is 1. The lowest BCUT2D eigenvalue weighted by molar-refractivity contribution is 0.423. The van der Waals surface area contributed by atoms with Gasteiger partial charge in [-0.05, 0) is 49.4 Å². The fourth-order valence-electron chi connectivity index (χ4n) is 2.51. The van der Waals surface area contributed by atoms with Crippen molar-refractivity contribution in [2.75, 3.05) is 0 Å². The van der Waals surface area contributed by atoms with Crippen molar-refractivity contribution in [2.24, 2.45) is 5.73 Å². The molecule has 3 rings (SSSR count). The van der Waals surface area contributed by atoms with Gasteiger partial charge in [0.15, 0.2) is 11.6 Å². The average Bonchev–Trinajstić information content (AvgIpc) is 2.90. The van der Waals surface area contributed by atoms with Gasteiger partial charge in [-0.15, -0.1) is 0 Å². The minimum atomic E-state index is -0.395. The van der Waals surface area contributed by atoms with E-state index in [0.717, 1.165) is 30.5 Å². The molecule has 21 heavy (non-hydrogen) atoms. The Morgan fingerprint density at radius 2 is 2.19 bits per heavy atom. The molecule has 3 nitrogen and oxygen atoms in total. The molecule has 0 saturated carbocycles. The highest BCUT2D eigenvalue weighted by atomic mass is 32.1. The number of thiocarbonyl (C=S) groups is 1. The minimum Gasteiger partial charge on any atom is -0.435 e. The number of hydrogen-bond acceptors (Lipinski definition) is 3. The largest absolute Gasteiger partial charge is 0.435 e. The van der Waals surface area contributed by atoms with Crippen molar-refractivity contribution in [2.45, 2.75) is 26.2 Å². The van der Waals surface area contributed by atoms with Crippen LogP contribution in [0.25, 0.3) is 0 Å². The van der Waals surface area contributed by atoms with Crippen LogP contribution in [-0.4, -0.2) is 9.97 Å². The summed E-state index contributed by atoms with van der Waals surface area (Å²) in [6, 6.07) is 6.91. The molecule has 108 valence electrons. The number of ether oxygens (including phenoxy) is 1. The molecule has 0 bridgehead atoms. The monoisotopic (exact) mass is 302 g/mol. The van der Waals surface area contributed by atoms with Crippen LogP contribution in [0, 0.1) is 12.7 Å². The summed E-state index contributed by atoms with van der Waals surface area (Å²) in [7, 11) is 0. The van der Waals surface area contributed by atoms with Gasteiger partial charge in [0.05, 0.1) is 5.56 Å². The zero-order valence-corrected chi connectivity index (χ0v) is 12.5. The van der Waals surface area contributed by atoms with Crippen molar-refractivity contribution in [3.8, 4) is 11.6 Å². The molecule has 0 aliphatic heterocycles. The molecule has 0 unspecified atom stereocenters. The molecular formula is C16H15FN2OS. The Kier molecular flexibility index (Phi) is 3.59. The van der Waals surface area contributed by atoms with Gasteiger partial charge in [0, 0.05) is 5.69 Å². The molecule has 1 aromatic heterocycles. The lowest BCUT2D eigenvalue weighted by Gasteiger charge is -2.12. The van der Waals surface area contributed by atoms with Crippen molar-refractivity contribution in [1.82, 2.24) is 4.98 Å². The van der Waals surface area contributed by atoms with Crippen molar-refractivity contribution in [1.29, 1.82) is 0 Å². The topological polar surface area (TPSA) is 48.1 Å². The van der Waals surface area contributed by atoms with E-state index in [1.165, 1.54) is 0 Å². The lowest BCUT2D eigenvalue weighted by atomic mass is 10.1. The Morgan fingerprint density at radius 3 is 2.95 bits per heavy atom. The van der Waals surface area contributed by atoms with Crippen LogP contribution in [0.2, 0.25) is 0 Å². The number of aryl methyl sites for hydroxylation is 3. The first-order chi connectivity index (χ1) is 10.1. The molecule has 0 amide bonds. The molecule has 2 N–H and O–H groups in total. The quantitative estimate of drug-likeness (QED) is 0.882. The van der Waals surface area contributed by atoms with Gasteiger partial charge < -0.3 is 10.5 Å². The highest BCUT2D eigenvalue weighted by Crippen LogP contribution is 2.31. The summed E-state index contributed by atoms with van der Waals surface area (Å²) in [5, 5.41) is 0. The summed E-state index contributed by atoms with van der Waals surface area (Å²) < 4.78 is 19.7. The summed E-state index contributed by atoms with van der Waals surface area (Å²) in [6.45, 7) is 1.69. The van der Waals surface area contributed by atoms with E-state index in [4.69, 9.17) is 22.7 Å². The van der Waals surface area contributed by atoms with Crippen molar-refractivity contribution in [3.05, 3.63) is 52.5 Å². The standard InChI is InChI=1S/C16H15FN2OS/c1-9-4-2-7-13(14(9)17)20-16-11(15(18)21)8-10-5-3-6-12(10)19-16/h2,4,7-8H,3,5-6H2,1H3,(H2,18,21). The first-order valence-electron chi connectivity index (χ1n) is 6.82. The summed E-state index contributed by atoms with van der Waals surface area (Å²) >= 11 is 5.06. The third-order valence-electron chi connectivity index (χ3n) is 3.64. The maximum atomic E-state index is 14.1. The van der Waals surface area contributed by atoms with Crippen molar-refractivity contribution >= 4 is 17.2 Å². The zero-order valence-electron chi connectivity index (χ0n) is 11.6. The summed E-state index contributed by atoms with van der Waals surface area (Å²) in [4.78, 5) is 4.69. The average molecular weight is 302 g/mol. The van der Waals surface area contributed by atoms with Crippen LogP contribution in [0.15, 0.2) is 24.3 Å². The van der Waals surface area contributed by atoms with E-state index in [0.29, 0.717) is 11.1 Å². The van der Waals surface area contributed by atoms with E-state index in [1.807, 2.05) is 6.07 Å². The van der Waals surface area contributed by atoms with Gasteiger partial charge in [-0.25, -0.2) is 9.37 Å². The Hall–Kier alpha value is -2.01. The highest BCUT2D eigenvalue weighted by molar-refractivity contribution is 7.80. The number of halogens is 1. The summed E-state index contributed by atoms with van der Waals surface area (Å²) in [6.07, 6.45) is 2.93. The minimum absolute atomic E-state index is 0.137. The molecule has 1 aliphatic rings. The van der Waals surface area contributed by atoms with E-state index in [-0.39, 0.29) is 16.6 Å². The van der Waals surface area contributed by atoms with Gasteiger partial charge in [-0.2, -0.15) is 0 Å². The molecule has 5 heteroatoms. The van der Waals surface area contributed by atoms with Crippen molar-refractivity contribution in [3.63, 3.8) is 0 Å². The summed E-state index contributed by atoms with van der Waals surface area (Å²) in [5.74, 6) is 0.0271. The summed E-state index contributed by atoms with van der Waals surface area (Å²) in [5.41, 5.74) is 8.96. The fourth-order valence-corrected chi connectivity index (χ4v) is 2.66. The maximum absolute atomic E-state index is 14.1. The maximum Gasteiger partial charge on any atom is 0.229 e. The Balaban J connectivity index is 2.05. The predicted molar refractivity (Wildman–Crippen MR) is 83.4 cm³/mol. The van der Waals surface area contributed by atoms with E-state index in [2.05, 4.69) is 4.98 Å². The predicted octanol–water partition coefficient (Wildman–Crippen LogP) is 3.44. The van der Waals surface area contributed by atoms with Gasteiger partial charge in [-0.1, -0.05) is 24.4 Å². The van der Waals surface area contributed by atoms with E-state index < -0.39 is 5.82 Å². The van der Waals surface area contributed by atoms with Gasteiger partial charge in [0.1, 0.15) is 4.99 Å². The van der Waals surface area contributed by atoms with Crippen LogP contribution in [0.5, 0.6) is 11.6 Å². The molecule has 0 radical (unpaired) electrons. The molecule has 1 aliphatic carbocycles. The van der Waals surface area contributed by atoms with E-state index in [1.54, 1.807) is 25.1 Å². The lowest BCUT2D eigenvalue weighted by Crippen LogP contribution is -2.13. The molecule has 1 heterocycles. The second-order valence-electron chi connectivity index (χ2n) is 5.15. The van der Waals surface area contributed by atoms with Crippen LogP contribution in [0.4, 0.5) is 4.39 Å². The Morgan fingerprint density at radius 1 is 1.38 bits per heavy atom. The van der Waals surface area contributed by atoms with E-state index in [9.17, 15) is 4.39 Å². The van der Waals surface area contributed by atoms with Gasteiger partial charge in [-0.3, -0.25) is 0 Å². The van der Waals surface area contributed by atoms with Crippen molar-refractivity contribution < 1.29 is 9.13 Å². The highest BCUT2D eigenvalue weighted by Gasteiger charge is 2.20.